The smallest absolute Gasteiger partial charge is 0.422 e. The molecule has 0 fully saturated rings. The minimum Gasteiger partial charge on any atom is -0.440 e. The van der Waals surface area contributed by atoms with E-state index >= 15 is 0 Å². The van der Waals surface area contributed by atoms with Gasteiger partial charge in [-0.05, 0) is 0 Å². The van der Waals surface area contributed by atoms with Crippen LogP contribution in [0.3, 0.4) is 0 Å². The quantitative estimate of drug-likeness (QED) is 0.575. The third-order valence-corrected chi connectivity index (χ3v) is 1.13. The predicted octanol–water partition coefficient (Wildman–Crippen LogP) is 1.56. The van der Waals surface area contributed by atoms with Crippen molar-refractivity contribution in [2.45, 2.75) is 12.6 Å². The first-order valence-corrected chi connectivity index (χ1v) is 4.14. The van der Waals surface area contributed by atoms with Crippen LogP contribution in [-0.2, 0) is 9.47 Å². The second kappa shape index (κ2) is 7.20. The molecule has 0 rings (SSSR count). The molecule has 0 heterocycles. The lowest BCUT2D eigenvalue weighted by molar-refractivity contribution is -0.160. The predicted molar refractivity (Wildman–Crippen MR) is 42.2 cm³/mol. The molecule has 0 atom stereocenters. The van der Waals surface area contributed by atoms with Gasteiger partial charge >= 0.3 is 12.3 Å². The largest absolute Gasteiger partial charge is 0.440 e. The second-order valence-corrected chi connectivity index (χ2v) is 2.58. The van der Waals surface area contributed by atoms with Gasteiger partial charge in [-0.25, -0.2) is 13.6 Å². The Labute approximate surface area is 87.7 Å². The lowest BCUT2D eigenvalue weighted by atomic mass is 10.6. The summed E-state index contributed by atoms with van der Waals surface area (Å²) in [5.74, 6) is 0. The number of alkyl halides is 5. The molecule has 0 radical (unpaired) electrons. The highest BCUT2D eigenvalue weighted by Gasteiger charge is 2.29. The molecular weight excluding hydrogens is 241 g/mol. The second-order valence-electron chi connectivity index (χ2n) is 2.58. The Morgan fingerprint density at radius 2 is 1.94 bits per heavy atom. The van der Waals surface area contributed by atoms with Gasteiger partial charge in [-0.3, -0.25) is 0 Å². The standard InChI is InChI=1S/C7H10F5NO3/c8-5(9)3-15-2-1-13-6(14)16-4-7(10,11)12/h5H,1-4H2,(H,13,14). The van der Waals surface area contributed by atoms with Gasteiger partial charge in [0.2, 0.25) is 0 Å². The van der Waals surface area contributed by atoms with Gasteiger partial charge in [0.15, 0.2) is 6.61 Å². The molecule has 0 aromatic carbocycles. The number of nitrogens with one attached hydrogen (secondary N) is 1. The zero-order valence-electron chi connectivity index (χ0n) is 8.02. The van der Waals surface area contributed by atoms with E-state index < -0.39 is 31.9 Å². The van der Waals surface area contributed by atoms with Gasteiger partial charge in [0.1, 0.15) is 6.61 Å². The maximum atomic E-state index is 11.5. The van der Waals surface area contributed by atoms with Crippen molar-refractivity contribution in [2.24, 2.45) is 0 Å². The first kappa shape index (κ1) is 14.9. The Morgan fingerprint density at radius 3 is 2.44 bits per heavy atom. The number of alkyl carbamates (subject to hydrolysis) is 1. The zero-order valence-corrected chi connectivity index (χ0v) is 8.02. The Kier molecular flexibility index (Phi) is 6.70. The van der Waals surface area contributed by atoms with Gasteiger partial charge in [0, 0.05) is 6.54 Å². The molecule has 1 N–H and O–H groups in total. The molecule has 0 bridgehead atoms. The molecule has 0 aromatic rings. The molecule has 9 heteroatoms. The monoisotopic (exact) mass is 251 g/mol. The fourth-order valence-electron chi connectivity index (χ4n) is 0.596. The number of hydrogen-bond acceptors (Lipinski definition) is 3. The molecule has 4 nitrogen and oxygen atoms in total. The van der Waals surface area contributed by atoms with Gasteiger partial charge in [0.25, 0.3) is 6.43 Å². The van der Waals surface area contributed by atoms with Crippen LogP contribution in [0.4, 0.5) is 26.7 Å². The summed E-state index contributed by atoms with van der Waals surface area (Å²) in [6, 6.07) is 0. The van der Waals surface area contributed by atoms with Crippen molar-refractivity contribution in [1.82, 2.24) is 5.32 Å². The summed E-state index contributed by atoms with van der Waals surface area (Å²) in [6.45, 7) is -2.93. The summed E-state index contributed by atoms with van der Waals surface area (Å²) in [4.78, 5) is 10.5. The van der Waals surface area contributed by atoms with E-state index in [1.807, 2.05) is 5.32 Å². The van der Waals surface area contributed by atoms with Crippen LogP contribution in [-0.4, -0.2) is 45.1 Å². The number of halogens is 5. The molecule has 0 aromatic heterocycles. The molecule has 0 aliphatic rings. The van der Waals surface area contributed by atoms with Gasteiger partial charge in [-0.15, -0.1) is 0 Å². The van der Waals surface area contributed by atoms with E-state index in [1.165, 1.54) is 0 Å². The van der Waals surface area contributed by atoms with Crippen LogP contribution in [0.25, 0.3) is 0 Å². The summed E-state index contributed by atoms with van der Waals surface area (Å²) in [5, 5.41) is 1.90. The molecule has 0 aliphatic carbocycles. The SMILES string of the molecule is O=C(NCCOCC(F)F)OCC(F)(F)F. The van der Waals surface area contributed by atoms with Crippen molar-refractivity contribution in [3.63, 3.8) is 0 Å². The summed E-state index contributed by atoms with van der Waals surface area (Å²) >= 11 is 0. The molecule has 0 aliphatic heterocycles. The van der Waals surface area contributed by atoms with Crippen molar-refractivity contribution in [2.75, 3.05) is 26.4 Å². The van der Waals surface area contributed by atoms with E-state index in [1.54, 1.807) is 0 Å². The highest BCUT2D eigenvalue weighted by molar-refractivity contribution is 5.67. The van der Waals surface area contributed by atoms with E-state index in [0.717, 1.165) is 0 Å². The molecule has 0 saturated heterocycles. The van der Waals surface area contributed by atoms with E-state index in [-0.39, 0.29) is 13.2 Å². The molecule has 0 unspecified atom stereocenters. The minimum atomic E-state index is -4.59. The Bertz CT molecular complexity index is 209. The van der Waals surface area contributed by atoms with Gasteiger partial charge < -0.3 is 14.8 Å². The molecule has 0 spiro atoms. The van der Waals surface area contributed by atoms with Crippen molar-refractivity contribution in [3.05, 3.63) is 0 Å². The van der Waals surface area contributed by atoms with E-state index in [0.29, 0.717) is 0 Å². The number of rotatable bonds is 6. The van der Waals surface area contributed by atoms with Crippen molar-refractivity contribution >= 4 is 6.09 Å². The minimum absolute atomic E-state index is 0.205. The van der Waals surface area contributed by atoms with Gasteiger partial charge in [-0.2, -0.15) is 13.2 Å². The molecule has 1 amide bonds. The highest BCUT2D eigenvalue weighted by atomic mass is 19.4. The van der Waals surface area contributed by atoms with Crippen molar-refractivity contribution in [1.29, 1.82) is 0 Å². The first-order valence-electron chi connectivity index (χ1n) is 4.14. The Morgan fingerprint density at radius 1 is 1.31 bits per heavy atom. The molecule has 96 valence electrons. The maximum absolute atomic E-state index is 11.5. The average Bonchev–Trinajstić information content (AvgIpc) is 2.12. The Balaban J connectivity index is 3.38. The summed E-state index contributed by atoms with van der Waals surface area (Å²) in [5.41, 5.74) is 0. The maximum Gasteiger partial charge on any atom is 0.422 e. The van der Waals surface area contributed by atoms with Crippen LogP contribution in [0, 0.1) is 0 Å². The van der Waals surface area contributed by atoms with Crippen LogP contribution >= 0.6 is 0 Å². The highest BCUT2D eigenvalue weighted by Crippen LogP contribution is 2.14. The lowest BCUT2D eigenvalue weighted by Crippen LogP contribution is -2.31. The number of hydrogen-bond donors (Lipinski definition) is 1. The molecule has 0 saturated carbocycles. The number of carbonyl (C=O) groups is 1. The van der Waals surface area contributed by atoms with E-state index in [2.05, 4.69) is 9.47 Å². The van der Waals surface area contributed by atoms with Gasteiger partial charge in [0.05, 0.1) is 6.61 Å². The van der Waals surface area contributed by atoms with Crippen LogP contribution in [0.1, 0.15) is 0 Å². The van der Waals surface area contributed by atoms with Crippen molar-refractivity contribution < 1.29 is 36.2 Å². The summed E-state index contributed by atoms with van der Waals surface area (Å²) in [6.07, 6.45) is -8.50. The molecular formula is C7H10F5NO3. The Hall–Kier alpha value is -1.12. The summed E-state index contributed by atoms with van der Waals surface area (Å²) < 4.78 is 65.7. The zero-order chi connectivity index (χ0) is 12.6. The summed E-state index contributed by atoms with van der Waals surface area (Å²) in [7, 11) is 0. The fourth-order valence-corrected chi connectivity index (χ4v) is 0.596. The third kappa shape index (κ3) is 11.0. The van der Waals surface area contributed by atoms with Crippen LogP contribution in [0.2, 0.25) is 0 Å². The topological polar surface area (TPSA) is 47.6 Å². The average molecular weight is 251 g/mol. The van der Waals surface area contributed by atoms with E-state index in [4.69, 9.17) is 0 Å². The normalized spacial score (nSPS) is 11.6. The fraction of sp³-hybridized carbons (Fsp3) is 0.857. The van der Waals surface area contributed by atoms with Crippen LogP contribution in [0.5, 0.6) is 0 Å². The van der Waals surface area contributed by atoms with Crippen LogP contribution in [0.15, 0.2) is 0 Å². The number of amides is 1. The number of carbonyl (C=O) groups excluding carboxylic acids is 1. The lowest BCUT2D eigenvalue weighted by Gasteiger charge is -2.09. The first-order chi connectivity index (χ1) is 7.31. The van der Waals surface area contributed by atoms with Crippen molar-refractivity contribution in [3.8, 4) is 0 Å². The van der Waals surface area contributed by atoms with E-state index in [9.17, 15) is 26.7 Å². The number of ether oxygens (including phenoxy) is 2. The molecule has 16 heavy (non-hydrogen) atoms. The van der Waals surface area contributed by atoms with Crippen LogP contribution < -0.4 is 5.32 Å². The van der Waals surface area contributed by atoms with Gasteiger partial charge in [-0.1, -0.05) is 0 Å². The third-order valence-electron chi connectivity index (χ3n) is 1.13.